The first-order valence-electron chi connectivity index (χ1n) is 6.31. The Morgan fingerprint density at radius 1 is 1.45 bits per heavy atom. The van der Waals surface area contributed by atoms with Crippen molar-refractivity contribution in [2.75, 3.05) is 20.3 Å². The topological polar surface area (TPSA) is 128 Å². The van der Waals surface area contributed by atoms with Crippen molar-refractivity contribution in [1.82, 2.24) is 5.32 Å². The fraction of sp³-hybridized carbons (Fsp3) is 0.385. The van der Waals surface area contributed by atoms with E-state index in [0.717, 1.165) is 0 Å². The van der Waals surface area contributed by atoms with Gasteiger partial charge in [0, 0.05) is 12.6 Å². The van der Waals surface area contributed by atoms with Crippen molar-refractivity contribution in [2.45, 2.75) is 13.0 Å². The average Bonchev–Trinajstić information content (AvgIpc) is 2.50. The summed E-state index contributed by atoms with van der Waals surface area (Å²) in [6.45, 7) is 1.35. The van der Waals surface area contributed by atoms with Gasteiger partial charge in [-0.3, -0.25) is 14.9 Å². The van der Waals surface area contributed by atoms with Gasteiger partial charge in [0.2, 0.25) is 0 Å². The summed E-state index contributed by atoms with van der Waals surface area (Å²) in [6, 6.07) is 3.82. The van der Waals surface area contributed by atoms with Crippen LogP contribution in [0.1, 0.15) is 17.3 Å². The highest BCUT2D eigenvalue weighted by Gasteiger charge is 2.21. The molecule has 0 bridgehead atoms. The van der Waals surface area contributed by atoms with Gasteiger partial charge in [0.15, 0.2) is 6.10 Å². The molecule has 1 unspecified atom stereocenters. The molecule has 0 aromatic heterocycles. The van der Waals surface area contributed by atoms with Crippen LogP contribution in [-0.4, -0.2) is 48.3 Å². The van der Waals surface area contributed by atoms with Crippen molar-refractivity contribution < 1.29 is 29.1 Å². The van der Waals surface area contributed by atoms with Gasteiger partial charge in [0.05, 0.1) is 18.6 Å². The molecular weight excluding hydrogens is 296 g/mol. The highest BCUT2D eigenvalue weighted by molar-refractivity contribution is 5.98. The van der Waals surface area contributed by atoms with Crippen LogP contribution in [0.2, 0.25) is 0 Å². The Morgan fingerprint density at radius 2 is 2.14 bits per heavy atom. The zero-order valence-corrected chi connectivity index (χ0v) is 12.1. The van der Waals surface area contributed by atoms with E-state index < -0.39 is 22.9 Å². The predicted molar refractivity (Wildman–Crippen MR) is 75.0 cm³/mol. The Hall–Kier alpha value is -2.68. The number of aliphatic carboxylic acids is 1. The first-order valence-corrected chi connectivity index (χ1v) is 6.31. The molecule has 0 saturated carbocycles. The van der Waals surface area contributed by atoms with Crippen LogP contribution >= 0.6 is 0 Å². The molecule has 120 valence electrons. The maximum Gasteiger partial charge on any atom is 0.332 e. The van der Waals surface area contributed by atoms with E-state index in [1.54, 1.807) is 0 Å². The number of nitrogens with zero attached hydrogens (tertiary/aromatic N) is 1. The van der Waals surface area contributed by atoms with Crippen molar-refractivity contribution in [1.29, 1.82) is 0 Å². The number of hydrogen-bond acceptors (Lipinski definition) is 6. The first kappa shape index (κ1) is 17.4. The molecule has 1 rings (SSSR count). The number of carbonyl (C=O) groups is 2. The summed E-state index contributed by atoms with van der Waals surface area (Å²) in [5.41, 5.74) is -0.492. The molecule has 9 nitrogen and oxygen atoms in total. The Morgan fingerprint density at radius 3 is 2.68 bits per heavy atom. The summed E-state index contributed by atoms with van der Waals surface area (Å²) >= 11 is 0. The summed E-state index contributed by atoms with van der Waals surface area (Å²) in [5, 5.41) is 22.0. The number of nitro groups is 1. The lowest BCUT2D eigenvalue weighted by Gasteiger charge is -2.10. The lowest BCUT2D eigenvalue weighted by Crippen LogP contribution is -2.30. The molecule has 1 aromatic rings. The van der Waals surface area contributed by atoms with Crippen LogP contribution in [-0.2, 0) is 9.53 Å². The summed E-state index contributed by atoms with van der Waals surface area (Å²) in [5.74, 6) is -1.47. The van der Waals surface area contributed by atoms with E-state index in [0.29, 0.717) is 5.75 Å². The fourth-order valence-corrected chi connectivity index (χ4v) is 1.55. The Kier molecular flexibility index (Phi) is 6.26. The molecule has 0 aliphatic heterocycles. The number of nitrogens with one attached hydrogen (secondary N) is 1. The van der Waals surface area contributed by atoms with Gasteiger partial charge in [-0.15, -0.1) is 0 Å². The molecular formula is C13H16N2O7. The van der Waals surface area contributed by atoms with Crippen LogP contribution in [0.5, 0.6) is 5.75 Å². The number of carboxylic acids is 1. The van der Waals surface area contributed by atoms with Crippen molar-refractivity contribution in [2.24, 2.45) is 0 Å². The Bertz CT molecular complexity index is 574. The van der Waals surface area contributed by atoms with E-state index in [1.165, 1.54) is 32.2 Å². The lowest BCUT2D eigenvalue weighted by molar-refractivity contribution is -0.385. The van der Waals surface area contributed by atoms with Gasteiger partial charge in [-0.2, -0.15) is 0 Å². The minimum Gasteiger partial charge on any atom is -0.497 e. The molecule has 1 atom stereocenters. The van der Waals surface area contributed by atoms with Gasteiger partial charge in [-0.1, -0.05) is 0 Å². The Labute approximate surface area is 126 Å². The number of ether oxygens (including phenoxy) is 2. The highest BCUT2D eigenvalue weighted by atomic mass is 16.6. The number of hydrogen-bond donors (Lipinski definition) is 2. The number of carboxylic acid groups (broad SMARTS) is 1. The standard InChI is InChI=1S/C13H16N2O7/c1-8(13(17)18)22-6-5-14-12(16)10-7-9(21-2)3-4-11(10)15(19)20/h3-4,7-8H,5-6H2,1-2H3,(H,14,16)(H,17,18). The van der Waals surface area contributed by atoms with Crippen molar-refractivity contribution in [3.63, 3.8) is 0 Å². The monoisotopic (exact) mass is 312 g/mol. The number of nitro benzene ring substituents is 1. The van der Waals surface area contributed by atoms with Crippen LogP contribution in [0.25, 0.3) is 0 Å². The molecule has 22 heavy (non-hydrogen) atoms. The number of carbonyl (C=O) groups excluding carboxylic acids is 1. The van der Waals surface area contributed by atoms with Gasteiger partial charge in [-0.05, 0) is 19.1 Å². The van der Waals surface area contributed by atoms with Crippen LogP contribution < -0.4 is 10.1 Å². The van der Waals surface area contributed by atoms with Gasteiger partial charge >= 0.3 is 5.97 Å². The molecule has 0 spiro atoms. The van der Waals surface area contributed by atoms with Crippen LogP contribution in [0.15, 0.2) is 18.2 Å². The van der Waals surface area contributed by atoms with E-state index in [-0.39, 0.29) is 24.4 Å². The number of benzene rings is 1. The third-order valence-corrected chi connectivity index (χ3v) is 2.75. The molecule has 0 aliphatic rings. The number of methoxy groups -OCH3 is 1. The molecule has 1 amide bonds. The average molecular weight is 312 g/mol. The SMILES string of the molecule is COc1ccc([N+](=O)[O-])c(C(=O)NCCOC(C)C(=O)O)c1. The number of rotatable bonds is 8. The summed E-state index contributed by atoms with van der Waals surface area (Å²) < 4.78 is 9.87. The van der Waals surface area contributed by atoms with E-state index in [2.05, 4.69) is 5.32 Å². The van der Waals surface area contributed by atoms with Crippen molar-refractivity contribution >= 4 is 17.6 Å². The smallest absolute Gasteiger partial charge is 0.332 e. The summed E-state index contributed by atoms with van der Waals surface area (Å²) in [6.07, 6.45) is -0.997. The molecule has 1 aromatic carbocycles. The minimum absolute atomic E-state index is 0.0187. The van der Waals surface area contributed by atoms with E-state index in [1.807, 2.05) is 0 Å². The lowest BCUT2D eigenvalue weighted by atomic mass is 10.1. The quantitative estimate of drug-likeness (QED) is 0.413. The molecule has 2 N–H and O–H groups in total. The van der Waals surface area contributed by atoms with Crippen molar-refractivity contribution in [3.8, 4) is 5.75 Å². The molecule has 0 heterocycles. The van der Waals surface area contributed by atoms with Gasteiger partial charge in [-0.25, -0.2) is 4.79 Å². The largest absolute Gasteiger partial charge is 0.497 e. The van der Waals surface area contributed by atoms with E-state index in [9.17, 15) is 19.7 Å². The van der Waals surface area contributed by atoms with Crippen LogP contribution in [0, 0.1) is 10.1 Å². The second kappa shape index (κ2) is 7.93. The molecule has 9 heteroatoms. The molecule has 0 radical (unpaired) electrons. The highest BCUT2D eigenvalue weighted by Crippen LogP contribution is 2.23. The van der Waals surface area contributed by atoms with Crippen LogP contribution in [0.4, 0.5) is 5.69 Å². The second-order valence-electron chi connectivity index (χ2n) is 4.25. The van der Waals surface area contributed by atoms with Gasteiger partial charge in [0.1, 0.15) is 11.3 Å². The number of amides is 1. The second-order valence-corrected chi connectivity index (χ2v) is 4.25. The predicted octanol–water partition coefficient (Wildman–Crippen LogP) is 0.823. The maximum atomic E-state index is 12.0. The zero-order valence-electron chi connectivity index (χ0n) is 12.1. The minimum atomic E-state index is -1.12. The fourth-order valence-electron chi connectivity index (χ4n) is 1.55. The van der Waals surface area contributed by atoms with Crippen molar-refractivity contribution in [3.05, 3.63) is 33.9 Å². The third-order valence-electron chi connectivity index (χ3n) is 2.75. The van der Waals surface area contributed by atoms with Gasteiger partial charge < -0.3 is 19.9 Å². The van der Waals surface area contributed by atoms with E-state index in [4.69, 9.17) is 14.6 Å². The van der Waals surface area contributed by atoms with Crippen LogP contribution in [0.3, 0.4) is 0 Å². The molecule has 0 fully saturated rings. The molecule has 0 saturated heterocycles. The zero-order chi connectivity index (χ0) is 16.7. The Balaban J connectivity index is 2.68. The van der Waals surface area contributed by atoms with Gasteiger partial charge in [0.25, 0.3) is 11.6 Å². The summed E-state index contributed by atoms with van der Waals surface area (Å²) in [4.78, 5) is 32.8. The van der Waals surface area contributed by atoms with E-state index >= 15 is 0 Å². The molecule has 0 aliphatic carbocycles. The normalized spacial score (nSPS) is 11.5. The maximum absolute atomic E-state index is 12.0. The third kappa shape index (κ3) is 4.70. The summed E-state index contributed by atoms with van der Waals surface area (Å²) in [7, 11) is 1.38. The first-order chi connectivity index (χ1) is 10.4.